The molecule has 0 aliphatic rings. The van der Waals surface area contributed by atoms with Crippen LogP contribution in [-0.2, 0) is 27.4 Å². The fourth-order valence-corrected chi connectivity index (χ4v) is 3.00. The average molecular weight is 485 g/mol. The highest BCUT2D eigenvalue weighted by atomic mass is 35.5. The fourth-order valence-electron chi connectivity index (χ4n) is 2.74. The molecule has 0 saturated heterocycles. The van der Waals surface area contributed by atoms with Gasteiger partial charge in [0.15, 0.2) is 0 Å². The monoisotopic (exact) mass is 484 g/mol. The first-order valence-electron chi connectivity index (χ1n) is 9.59. The second kappa shape index (κ2) is 11.5. The Morgan fingerprint density at radius 3 is 1.58 bits per heavy atom. The molecule has 2 amide bonds. The summed E-state index contributed by atoms with van der Waals surface area (Å²) >= 11 is 5.44. The van der Waals surface area contributed by atoms with Crippen LogP contribution in [0.15, 0.2) is 83.6 Å². The molecule has 2 N–H and O–H groups in total. The van der Waals surface area contributed by atoms with E-state index in [0.29, 0.717) is 11.1 Å². The van der Waals surface area contributed by atoms with E-state index in [9.17, 15) is 27.2 Å². The lowest BCUT2D eigenvalue weighted by Crippen LogP contribution is -2.47. The molecule has 2 aromatic rings. The van der Waals surface area contributed by atoms with E-state index in [-0.39, 0.29) is 24.9 Å². The summed E-state index contributed by atoms with van der Waals surface area (Å²) in [6.07, 6.45) is 0.259. The maximum Gasteiger partial charge on any atom is 0.353 e. The Hall–Kier alpha value is -3.33. The third-order valence-electron chi connectivity index (χ3n) is 4.47. The fraction of sp³-hybridized carbons (Fsp3) is 0.217. The van der Waals surface area contributed by atoms with Crippen LogP contribution in [0.4, 0.5) is 17.6 Å². The summed E-state index contributed by atoms with van der Waals surface area (Å²) in [5.74, 6) is -12.7. The molecule has 0 aliphatic heterocycles. The number of carbonyl (C=O) groups excluding carboxylic acids is 2. The lowest BCUT2D eigenvalue weighted by atomic mass is 9.95. The molecule has 0 saturated carbocycles. The molecule has 0 radical (unpaired) electrons. The van der Waals surface area contributed by atoms with Crippen LogP contribution < -0.4 is 10.6 Å². The summed E-state index contributed by atoms with van der Waals surface area (Å²) < 4.78 is 64.1. The molecule has 0 fully saturated rings. The SMILES string of the molecule is CO/C=C(/C(=C/Cl)C(F)(F)C(=O)NCc1ccccc1)C(F)(F)C(=O)NCc1ccccc1. The van der Waals surface area contributed by atoms with E-state index in [1.54, 1.807) is 60.7 Å². The van der Waals surface area contributed by atoms with Crippen LogP contribution in [0.5, 0.6) is 0 Å². The molecule has 0 aromatic heterocycles. The maximum atomic E-state index is 14.9. The van der Waals surface area contributed by atoms with Gasteiger partial charge in [0.1, 0.15) is 0 Å². The Kier molecular flexibility index (Phi) is 9.04. The zero-order chi connectivity index (χ0) is 24.5. The van der Waals surface area contributed by atoms with Gasteiger partial charge in [0, 0.05) is 18.6 Å². The number of methoxy groups -OCH3 is 1. The first-order chi connectivity index (χ1) is 15.6. The molecule has 10 heteroatoms. The minimum atomic E-state index is -4.50. The van der Waals surface area contributed by atoms with E-state index in [2.05, 4.69) is 4.74 Å². The van der Waals surface area contributed by atoms with Crippen molar-refractivity contribution in [1.29, 1.82) is 0 Å². The molecule has 2 rings (SSSR count). The number of ether oxygens (including phenoxy) is 1. The average Bonchev–Trinajstić information content (AvgIpc) is 2.81. The first kappa shape index (κ1) is 25.9. The van der Waals surface area contributed by atoms with Gasteiger partial charge in [-0.15, -0.1) is 0 Å². The summed E-state index contributed by atoms with van der Waals surface area (Å²) in [6, 6.07) is 16.3. The van der Waals surface area contributed by atoms with E-state index >= 15 is 0 Å². The molecule has 176 valence electrons. The number of benzene rings is 2. The second-order valence-electron chi connectivity index (χ2n) is 6.78. The van der Waals surface area contributed by atoms with Crippen molar-refractivity contribution in [2.75, 3.05) is 7.11 Å². The highest BCUT2D eigenvalue weighted by molar-refractivity contribution is 6.26. The molecule has 0 unspecified atom stereocenters. The van der Waals surface area contributed by atoms with Crippen LogP contribution in [0.1, 0.15) is 11.1 Å². The summed E-state index contributed by atoms with van der Waals surface area (Å²) in [7, 11) is 0.928. The number of amides is 2. The number of alkyl halides is 4. The van der Waals surface area contributed by atoms with Crippen LogP contribution in [0.3, 0.4) is 0 Å². The molecular weight excluding hydrogens is 464 g/mol. The summed E-state index contributed by atoms with van der Waals surface area (Å²) in [5, 5.41) is 3.96. The topological polar surface area (TPSA) is 67.4 Å². The molecule has 0 aliphatic carbocycles. The zero-order valence-electron chi connectivity index (χ0n) is 17.5. The van der Waals surface area contributed by atoms with Crippen molar-refractivity contribution in [2.45, 2.75) is 24.9 Å². The largest absolute Gasteiger partial charge is 0.504 e. The van der Waals surface area contributed by atoms with Crippen molar-refractivity contribution in [3.05, 3.63) is 94.7 Å². The highest BCUT2D eigenvalue weighted by Gasteiger charge is 2.54. The number of nitrogens with one attached hydrogen (secondary N) is 2. The summed E-state index contributed by atoms with van der Waals surface area (Å²) in [5.41, 5.74) is -1.97. The molecule has 5 nitrogen and oxygen atoms in total. The van der Waals surface area contributed by atoms with Gasteiger partial charge in [-0.3, -0.25) is 9.59 Å². The predicted molar refractivity (Wildman–Crippen MR) is 115 cm³/mol. The highest BCUT2D eigenvalue weighted by Crippen LogP contribution is 2.39. The van der Waals surface area contributed by atoms with Gasteiger partial charge in [-0.25, -0.2) is 0 Å². The number of halogens is 5. The van der Waals surface area contributed by atoms with Crippen LogP contribution in [0.2, 0.25) is 0 Å². The van der Waals surface area contributed by atoms with Crippen molar-refractivity contribution in [2.24, 2.45) is 0 Å². The van der Waals surface area contributed by atoms with Crippen molar-refractivity contribution in [3.63, 3.8) is 0 Å². The van der Waals surface area contributed by atoms with Gasteiger partial charge in [0.25, 0.3) is 11.8 Å². The Balaban J connectivity index is 2.23. The van der Waals surface area contributed by atoms with Gasteiger partial charge in [-0.1, -0.05) is 72.3 Å². The van der Waals surface area contributed by atoms with Crippen molar-refractivity contribution < 1.29 is 31.9 Å². The molecular formula is C23H21ClF4N2O3. The lowest BCUT2D eigenvalue weighted by Gasteiger charge is -2.25. The zero-order valence-corrected chi connectivity index (χ0v) is 18.2. The van der Waals surface area contributed by atoms with E-state index in [1.165, 1.54) is 0 Å². The van der Waals surface area contributed by atoms with E-state index in [1.807, 2.05) is 10.6 Å². The van der Waals surface area contributed by atoms with Crippen LogP contribution in [-0.4, -0.2) is 30.8 Å². The van der Waals surface area contributed by atoms with Crippen LogP contribution in [0.25, 0.3) is 0 Å². The minimum Gasteiger partial charge on any atom is -0.504 e. The maximum absolute atomic E-state index is 14.9. The molecule has 0 heterocycles. The normalized spacial score (nSPS) is 12.8. The Morgan fingerprint density at radius 2 is 1.21 bits per heavy atom. The van der Waals surface area contributed by atoms with Crippen molar-refractivity contribution >= 4 is 23.4 Å². The summed E-state index contributed by atoms with van der Waals surface area (Å²) in [4.78, 5) is 24.4. The first-order valence-corrected chi connectivity index (χ1v) is 10.0. The van der Waals surface area contributed by atoms with E-state index in [0.717, 1.165) is 7.11 Å². The minimum absolute atomic E-state index is 0.130. The number of rotatable bonds is 10. The Labute approximate surface area is 193 Å². The summed E-state index contributed by atoms with van der Waals surface area (Å²) in [6.45, 7) is -0.550. The Bertz CT molecular complexity index is 1010. The third kappa shape index (κ3) is 6.58. The van der Waals surface area contributed by atoms with Crippen molar-refractivity contribution in [1.82, 2.24) is 10.6 Å². The van der Waals surface area contributed by atoms with Crippen molar-refractivity contribution in [3.8, 4) is 0 Å². The van der Waals surface area contributed by atoms with Gasteiger partial charge in [0.05, 0.1) is 24.5 Å². The third-order valence-corrected chi connectivity index (χ3v) is 4.69. The van der Waals surface area contributed by atoms with Gasteiger partial charge in [0.2, 0.25) is 0 Å². The lowest BCUT2D eigenvalue weighted by molar-refractivity contribution is -0.144. The molecule has 0 spiro atoms. The van der Waals surface area contributed by atoms with Crippen LogP contribution in [0, 0.1) is 0 Å². The van der Waals surface area contributed by atoms with Crippen LogP contribution >= 0.6 is 11.6 Å². The number of hydrogen-bond donors (Lipinski definition) is 2. The van der Waals surface area contributed by atoms with E-state index < -0.39 is 34.8 Å². The molecule has 0 atom stereocenters. The standard InChI is InChI=1S/C23H21ClF4N2O3/c1-33-15-19(23(27,28)21(32)30-14-17-10-6-3-7-11-17)18(12-24)22(25,26)20(31)29-13-16-8-4-2-5-9-16/h2-12,15H,13-14H2,1H3,(H,29,31)(H,30,32)/b18-12-,19-15-. The van der Waals surface area contributed by atoms with Gasteiger partial charge in [-0.05, 0) is 11.1 Å². The molecule has 0 bridgehead atoms. The molecule has 2 aromatic carbocycles. The quantitative estimate of drug-likeness (QED) is 0.295. The number of hydrogen-bond acceptors (Lipinski definition) is 3. The smallest absolute Gasteiger partial charge is 0.353 e. The second-order valence-corrected chi connectivity index (χ2v) is 6.99. The van der Waals surface area contributed by atoms with E-state index in [4.69, 9.17) is 11.6 Å². The van der Waals surface area contributed by atoms with Gasteiger partial charge >= 0.3 is 11.8 Å². The predicted octanol–water partition coefficient (Wildman–Crippen LogP) is 4.54. The Morgan fingerprint density at radius 1 is 0.818 bits per heavy atom. The molecule has 33 heavy (non-hydrogen) atoms. The number of carbonyl (C=O) groups is 2. The van der Waals surface area contributed by atoms with Gasteiger partial charge < -0.3 is 15.4 Å². The van der Waals surface area contributed by atoms with Gasteiger partial charge in [-0.2, -0.15) is 17.6 Å².